The summed E-state index contributed by atoms with van der Waals surface area (Å²) in [5, 5.41) is 9.08. The van der Waals surface area contributed by atoms with Crippen molar-refractivity contribution in [3.8, 4) is 5.88 Å². The Morgan fingerprint density at radius 1 is 1.26 bits per heavy atom. The number of ether oxygens (including phenoxy) is 1. The maximum atomic E-state index is 13.0. The molecule has 0 saturated heterocycles. The Morgan fingerprint density at radius 3 is 2.52 bits per heavy atom. The molecule has 8 nitrogen and oxygen atoms in total. The van der Waals surface area contributed by atoms with E-state index in [-0.39, 0.29) is 17.4 Å². The van der Waals surface area contributed by atoms with Gasteiger partial charge in [0.05, 0.1) is 11.3 Å². The summed E-state index contributed by atoms with van der Waals surface area (Å²) in [5.74, 6) is -2.24. The van der Waals surface area contributed by atoms with Crippen molar-refractivity contribution in [1.29, 1.82) is 0 Å². The lowest BCUT2D eigenvalue weighted by Crippen LogP contribution is -2.24. The fourth-order valence-electron chi connectivity index (χ4n) is 4.58. The number of hydrogen-bond acceptors (Lipinski definition) is 5. The van der Waals surface area contributed by atoms with Gasteiger partial charge in [-0.2, -0.15) is 0 Å². The smallest absolute Gasteiger partial charge is 0.341 e. The molecule has 2 aromatic rings. The number of carbonyl (C=O) groups is 3. The van der Waals surface area contributed by atoms with E-state index in [1.165, 1.54) is 19.3 Å². The number of aryl methyl sites for hydroxylation is 1. The second-order valence-electron chi connectivity index (χ2n) is 8.89. The summed E-state index contributed by atoms with van der Waals surface area (Å²) in [7, 11) is 0. The second-order valence-corrected chi connectivity index (χ2v) is 8.89. The third kappa shape index (κ3) is 5.06. The number of aliphatic carboxylic acids is 1. The van der Waals surface area contributed by atoms with E-state index in [1.807, 2.05) is 10.6 Å². The summed E-state index contributed by atoms with van der Waals surface area (Å²) in [5.41, 5.74) is 8.31. The topological polar surface area (TPSA) is 124 Å². The van der Waals surface area contributed by atoms with Crippen LogP contribution in [-0.4, -0.2) is 38.8 Å². The first kappa shape index (κ1) is 22.8. The number of nitrogens with two attached hydrogens (primary N) is 1. The third-order valence-electron chi connectivity index (χ3n) is 5.82. The highest BCUT2D eigenvalue weighted by Crippen LogP contribution is 2.36. The predicted octanol–water partition coefficient (Wildman–Crippen LogP) is 3.10. The second kappa shape index (κ2) is 9.49. The highest BCUT2D eigenvalue weighted by Gasteiger charge is 2.31. The summed E-state index contributed by atoms with van der Waals surface area (Å²) in [6.45, 7) is 5.29. The van der Waals surface area contributed by atoms with Crippen LogP contribution in [0.2, 0.25) is 0 Å². The minimum atomic E-state index is -1.15. The summed E-state index contributed by atoms with van der Waals surface area (Å²) < 4.78 is 7.34. The van der Waals surface area contributed by atoms with E-state index in [0.717, 1.165) is 30.5 Å². The van der Waals surface area contributed by atoms with Crippen LogP contribution in [0, 0.1) is 18.8 Å². The molecule has 168 valence electrons. The minimum Gasteiger partial charge on any atom is -0.479 e. The minimum absolute atomic E-state index is 0.0342. The lowest BCUT2D eigenvalue weighted by atomic mass is 9.84. The van der Waals surface area contributed by atoms with Crippen molar-refractivity contribution in [2.75, 3.05) is 6.61 Å². The number of carboxylic acids is 1. The molecule has 3 N–H and O–H groups in total. The van der Waals surface area contributed by atoms with Gasteiger partial charge in [0.25, 0.3) is 11.7 Å². The number of Topliss-reactive ketones (excluding diaryl/α,β-unsaturated/α-hetero) is 1. The van der Waals surface area contributed by atoms with Gasteiger partial charge in [-0.3, -0.25) is 9.59 Å². The summed E-state index contributed by atoms with van der Waals surface area (Å²) in [4.78, 5) is 40.3. The fraction of sp³-hybridized carbons (Fsp3) is 0.565. The zero-order valence-electron chi connectivity index (χ0n) is 18.4. The molecule has 3 rings (SSSR count). The molecule has 1 aliphatic carbocycles. The van der Waals surface area contributed by atoms with E-state index in [1.54, 1.807) is 6.92 Å². The highest BCUT2D eigenvalue weighted by atomic mass is 16.5. The number of primary amides is 1. The predicted molar refractivity (Wildman–Crippen MR) is 115 cm³/mol. The SMILES string of the molecule is Cc1cn2c(CC3CCCCC3)c(CC(C)C)c(C(=O)C(N)=O)c2c(OCC(=O)O)n1. The lowest BCUT2D eigenvalue weighted by Gasteiger charge is -2.22. The van der Waals surface area contributed by atoms with Crippen molar-refractivity contribution in [3.05, 3.63) is 28.7 Å². The Kier molecular flexibility index (Phi) is 6.97. The van der Waals surface area contributed by atoms with Gasteiger partial charge in [-0.05, 0) is 37.2 Å². The van der Waals surface area contributed by atoms with Gasteiger partial charge in [-0.15, -0.1) is 0 Å². The van der Waals surface area contributed by atoms with Gasteiger partial charge in [-0.1, -0.05) is 46.0 Å². The van der Waals surface area contributed by atoms with Crippen LogP contribution >= 0.6 is 0 Å². The Hall–Kier alpha value is -2.90. The summed E-state index contributed by atoms with van der Waals surface area (Å²) >= 11 is 0. The molecule has 0 aromatic carbocycles. The number of carboxylic acid groups (broad SMARTS) is 1. The molecule has 1 aliphatic rings. The van der Waals surface area contributed by atoms with E-state index >= 15 is 0 Å². The Labute approximate surface area is 181 Å². The van der Waals surface area contributed by atoms with Crippen LogP contribution in [0.5, 0.6) is 5.88 Å². The van der Waals surface area contributed by atoms with Crippen LogP contribution in [0.15, 0.2) is 6.20 Å². The van der Waals surface area contributed by atoms with Gasteiger partial charge in [0, 0.05) is 11.9 Å². The van der Waals surface area contributed by atoms with Crippen LogP contribution < -0.4 is 10.5 Å². The van der Waals surface area contributed by atoms with Crippen LogP contribution in [0.3, 0.4) is 0 Å². The Bertz CT molecular complexity index is 1000. The quantitative estimate of drug-likeness (QED) is 0.466. The molecule has 2 heterocycles. The number of aromatic nitrogens is 2. The molecule has 0 bridgehead atoms. The standard InChI is InChI=1S/C23H31N3O5/c1-13(2)9-16-17(10-15-7-5-4-6-8-15)26-11-14(3)25-23(31-12-18(27)28)20(26)19(16)21(29)22(24)30/h11,13,15H,4-10,12H2,1-3H3,(H2,24,30)(H,27,28). The van der Waals surface area contributed by atoms with Crippen molar-refractivity contribution >= 4 is 23.2 Å². The molecule has 0 spiro atoms. The zero-order valence-corrected chi connectivity index (χ0v) is 18.4. The van der Waals surface area contributed by atoms with E-state index in [0.29, 0.717) is 23.5 Å². The van der Waals surface area contributed by atoms with Gasteiger partial charge >= 0.3 is 5.97 Å². The van der Waals surface area contributed by atoms with Gasteiger partial charge in [0.2, 0.25) is 5.88 Å². The largest absolute Gasteiger partial charge is 0.479 e. The monoisotopic (exact) mass is 429 g/mol. The Balaban J connectivity index is 2.28. The van der Waals surface area contributed by atoms with Crippen molar-refractivity contribution in [3.63, 3.8) is 0 Å². The number of amides is 1. The Morgan fingerprint density at radius 2 is 1.94 bits per heavy atom. The van der Waals surface area contributed by atoms with Gasteiger partial charge in [0.15, 0.2) is 6.61 Å². The first-order valence-electron chi connectivity index (χ1n) is 10.9. The fourth-order valence-corrected chi connectivity index (χ4v) is 4.58. The molecule has 31 heavy (non-hydrogen) atoms. The number of fused-ring (bicyclic) bond motifs is 1. The van der Waals surface area contributed by atoms with E-state index in [9.17, 15) is 14.4 Å². The maximum Gasteiger partial charge on any atom is 0.341 e. The number of carbonyl (C=O) groups excluding carboxylic acids is 2. The number of ketones is 1. The molecule has 0 radical (unpaired) electrons. The lowest BCUT2D eigenvalue weighted by molar-refractivity contribution is -0.139. The molecule has 1 amide bonds. The van der Waals surface area contributed by atoms with Crippen molar-refractivity contribution < 1.29 is 24.2 Å². The van der Waals surface area contributed by atoms with Crippen molar-refractivity contribution in [2.45, 2.75) is 65.7 Å². The normalized spacial score (nSPS) is 14.8. The van der Waals surface area contributed by atoms with Crippen LogP contribution in [0.1, 0.15) is 73.3 Å². The van der Waals surface area contributed by atoms with Crippen LogP contribution in [0.4, 0.5) is 0 Å². The van der Waals surface area contributed by atoms with Gasteiger partial charge in [0.1, 0.15) is 5.52 Å². The molecule has 2 aromatic heterocycles. The first-order valence-corrected chi connectivity index (χ1v) is 10.9. The van der Waals surface area contributed by atoms with Crippen molar-refractivity contribution in [1.82, 2.24) is 9.38 Å². The molecule has 0 unspecified atom stereocenters. The van der Waals surface area contributed by atoms with Gasteiger partial charge in [-0.25, -0.2) is 9.78 Å². The summed E-state index contributed by atoms with van der Waals surface area (Å²) in [6, 6.07) is 0. The number of rotatable bonds is 9. The molecular weight excluding hydrogens is 398 g/mol. The van der Waals surface area contributed by atoms with Gasteiger partial charge < -0.3 is 20.0 Å². The number of nitrogens with zero attached hydrogens (tertiary/aromatic N) is 2. The van der Waals surface area contributed by atoms with E-state index < -0.39 is 24.3 Å². The highest BCUT2D eigenvalue weighted by molar-refractivity contribution is 6.44. The van der Waals surface area contributed by atoms with Crippen LogP contribution in [0.25, 0.3) is 5.52 Å². The average Bonchev–Trinajstić information content (AvgIpc) is 2.98. The number of hydrogen-bond donors (Lipinski definition) is 2. The molecule has 1 saturated carbocycles. The molecular formula is C23H31N3O5. The molecule has 0 aliphatic heterocycles. The zero-order chi connectivity index (χ0) is 22.7. The van der Waals surface area contributed by atoms with Crippen molar-refractivity contribution in [2.24, 2.45) is 17.6 Å². The molecule has 0 atom stereocenters. The summed E-state index contributed by atoms with van der Waals surface area (Å²) in [6.07, 6.45) is 9.06. The van der Waals surface area contributed by atoms with E-state index in [4.69, 9.17) is 15.6 Å². The van der Waals surface area contributed by atoms with Crippen LogP contribution in [-0.2, 0) is 22.4 Å². The molecule has 8 heteroatoms. The average molecular weight is 430 g/mol. The third-order valence-corrected chi connectivity index (χ3v) is 5.82. The maximum absolute atomic E-state index is 13.0. The first-order chi connectivity index (χ1) is 14.7. The van der Waals surface area contributed by atoms with E-state index in [2.05, 4.69) is 18.8 Å². The molecule has 1 fully saturated rings.